The SMILES string of the molecule is CC/C=C\C/C=C\C/C=C\C/C=C\CCCCCCCCCCCCCCC(=O)NC(COC1OC(CO)C(OC2OC(CO)C(O)C(O)C2O)C(O)C1O)C(O)CCCCCCCCCCCCCCCCCCCCCCCCCCCCCCCCC. The van der Waals surface area contributed by atoms with Gasteiger partial charge in [0, 0.05) is 6.42 Å². The second kappa shape index (κ2) is 60.6. The van der Waals surface area contributed by atoms with Crippen molar-refractivity contribution >= 4 is 5.91 Å². The summed E-state index contributed by atoms with van der Waals surface area (Å²) in [6.07, 6.45) is 62.8. The highest BCUT2D eigenvalue weighted by atomic mass is 16.7. The van der Waals surface area contributed by atoms with E-state index in [2.05, 4.69) is 67.8 Å². The fourth-order valence-electron chi connectivity index (χ4n) is 12.6. The van der Waals surface area contributed by atoms with Gasteiger partial charge < -0.3 is 65.1 Å². The summed E-state index contributed by atoms with van der Waals surface area (Å²) in [6, 6.07) is -0.833. The van der Waals surface area contributed by atoms with Crippen LogP contribution in [-0.4, -0.2) is 140 Å². The summed E-state index contributed by atoms with van der Waals surface area (Å²) < 4.78 is 23.0. The minimum absolute atomic E-state index is 0.205. The van der Waals surface area contributed by atoms with Crippen LogP contribution >= 0.6 is 0 Å². The van der Waals surface area contributed by atoms with Crippen molar-refractivity contribution in [2.75, 3.05) is 19.8 Å². The molecule has 9 N–H and O–H groups in total. The van der Waals surface area contributed by atoms with Gasteiger partial charge in [-0.15, -0.1) is 0 Å². The fraction of sp³-hybridized carbons (Fsp3) is 0.882. The average Bonchev–Trinajstić information content (AvgIpc) is 1.41. The molecule has 12 atom stereocenters. The van der Waals surface area contributed by atoms with Crippen LogP contribution in [0.25, 0.3) is 0 Å². The van der Waals surface area contributed by atoms with Gasteiger partial charge in [-0.1, -0.05) is 326 Å². The summed E-state index contributed by atoms with van der Waals surface area (Å²) in [6.45, 7) is 2.80. The van der Waals surface area contributed by atoms with Crippen molar-refractivity contribution in [3.63, 3.8) is 0 Å². The number of hydrogen-bond donors (Lipinski definition) is 9. The van der Waals surface area contributed by atoms with Crippen LogP contribution in [0.1, 0.15) is 335 Å². The molecule has 2 fully saturated rings. The third-order valence-corrected chi connectivity index (χ3v) is 18.6. The Morgan fingerprint density at radius 2 is 0.767 bits per heavy atom. The van der Waals surface area contributed by atoms with Crippen LogP contribution in [0.15, 0.2) is 48.6 Å². The number of ether oxygens (including phenoxy) is 4. The molecule has 0 aromatic carbocycles. The molecule has 2 rings (SSSR count). The number of aliphatic hydroxyl groups excluding tert-OH is 8. The zero-order valence-corrected chi connectivity index (χ0v) is 57.6. The monoisotopic (exact) mass is 1280 g/mol. The number of unbranched alkanes of at least 4 members (excludes halogenated alkanes) is 42. The van der Waals surface area contributed by atoms with E-state index < -0.39 is 86.8 Å². The Morgan fingerprint density at radius 1 is 0.411 bits per heavy atom. The van der Waals surface area contributed by atoms with E-state index in [0.29, 0.717) is 12.8 Å². The highest BCUT2D eigenvalue weighted by Gasteiger charge is 2.51. The van der Waals surface area contributed by atoms with Crippen LogP contribution in [0.5, 0.6) is 0 Å². The van der Waals surface area contributed by atoms with E-state index in [1.807, 2.05) is 0 Å². The van der Waals surface area contributed by atoms with Gasteiger partial charge in [0.05, 0.1) is 32.0 Å². The highest BCUT2D eigenvalue weighted by molar-refractivity contribution is 5.76. The van der Waals surface area contributed by atoms with Gasteiger partial charge in [-0.2, -0.15) is 0 Å². The predicted molar refractivity (Wildman–Crippen MR) is 369 cm³/mol. The van der Waals surface area contributed by atoms with Gasteiger partial charge in [-0.25, -0.2) is 0 Å². The smallest absolute Gasteiger partial charge is 0.220 e. The standard InChI is InChI=1S/C76H141NO13/c1-3-5-7-9-11-13-15-17-19-21-23-25-27-29-30-31-32-33-34-36-37-39-41-43-45-47-49-51-53-55-57-59-65(80)64(63-87-75-73(86)71(84)74(67(62-79)89-75)90-76-72(85)70(83)69(82)66(61-78)88-76)77-68(81)60-58-56-54-52-50-48-46-44-42-40-38-35-28-26-24-22-20-18-16-14-12-10-8-6-4-2/h6,8,12,14,18,20,24,26,64-67,69-76,78-80,82-86H,3-5,7,9-11,13,15-17,19,21-23,25,27-63H2,1-2H3,(H,77,81)/b8-6-,14-12-,20-18-,26-24-. The molecule has 0 radical (unpaired) electrons. The van der Waals surface area contributed by atoms with Crippen LogP contribution in [0.2, 0.25) is 0 Å². The summed E-state index contributed by atoms with van der Waals surface area (Å²) >= 11 is 0. The molecule has 528 valence electrons. The topological polar surface area (TPSA) is 228 Å². The van der Waals surface area contributed by atoms with Crippen molar-refractivity contribution < 1.29 is 64.6 Å². The summed E-state index contributed by atoms with van der Waals surface area (Å²) in [5.41, 5.74) is 0. The lowest BCUT2D eigenvalue weighted by Crippen LogP contribution is -2.65. The van der Waals surface area contributed by atoms with Crippen LogP contribution in [0.4, 0.5) is 0 Å². The molecular weight excluding hydrogens is 1130 g/mol. The second-order valence-corrected chi connectivity index (χ2v) is 26.8. The van der Waals surface area contributed by atoms with E-state index in [9.17, 15) is 45.6 Å². The minimum Gasteiger partial charge on any atom is -0.394 e. The number of allylic oxidation sites excluding steroid dienone is 8. The third-order valence-electron chi connectivity index (χ3n) is 18.6. The van der Waals surface area contributed by atoms with Crippen LogP contribution in [-0.2, 0) is 23.7 Å². The van der Waals surface area contributed by atoms with Crippen LogP contribution < -0.4 is 5.32 Å². The largest absolute Gasteiger partial charge is 0.394 e. The minimum atomic E-state index is -1.78. The van der Waals surface area contributed by atoms with E-state index in [0.717, 1.165) is 83.5 Å². The zero-order chi connectivity index (χ0) is 65.2. The first kappa shape index (κ1) is 84.0. The first-order chi connectivity index (χ1) is 44.1. The van der Waals surface area contributed by atoms with E-state index in [4.69, 9.17) is 18.9 Å². The Morgan fingerprint density at radius 3 is 1.18 bits per heavy atom. The fourth-order valence-corrected chi connectivity index (χ4v) is 12.6. The number of nitrogens with one attached hydrogen (secondary N) is 1. The van der Waals surface area contributed by atoms with E-state index in [1.165, 1.54) is 225 Å². The Hall–Kier alpha value is -2.05. The lowest BCUT2D eigenvalue weighted by atomic mass is 9.97. The molecule has 1 amide bonds. The summed E-state index contributed by atoms with van der Waals surface area (Å²) in [4.78, 5) is 13.4. The molecule has 0 bridgehead atoms. The third kappa shape index (κ3) is 43.8. The molecule has 2 aliphatic rings. The van der Waals surface area contributed by atoms with Gasteiger partial charge >= 0.3 is 0 Å². The molecule has 14 nitrogen and oxygen atoms in total. The molecule has 12 unspecified atom stereocenters. The van der Waals surface area contributed by atoms with Crippen LogP contribution in [0.3, 0.4) is 0 Å². The average molecular weight is 1280 g/mol. The molecule has 0 aromatic rings. The Kier molecular flexibility index (Phi) is 56.6. The maximum atomic E-state index is 13.4. The van der Waals surface area contributed by atoms with Gasteiger partial charge in [-0.3, -0.25) is 4.79 Å². The number of carbonyl (C=O) groups excluding carboxylic acids is 1. The second-order valence-electron chi connectivity index (χ2n) is 26.8. The van der Waals surface area contributed by atoms with E-state index in [-0.39, 0.29) is 12.5 Å². The zero-order valence-electron chi connectivity index (χ0n) is 57.6. The van der Waals surface area contributed by atoms with Gasteiger partial charge in [0.15, 0.2) is 12.6 Å². The summed E-state index contributed by atoms with van der Waals surface area (Å²) in [5.74, 6) is -0.205. The molecule has 2 saturated heterocycles. The Balaban J connectivity index is 1.63. The van der Waals surface area contributed by atoms with Gasteiger partial charge in [0.25, 0.3) is 0 Å². The molecular formula is C76H141NO13. The van der Waals surface area contributed by atoms with Crippen molar-refractivity contribution in [1.29, 1.82) is 0 Å². The quantitative estimate of drug-likeness (QED) is 0.0204. The van der Waals surface area contributed by atoms with E-state index >= 15 is 0 Å². The van der Waals surface area contributed by atoms with Crippen molar-refractivity contribution in [2.24, 2.45) is 0 Å². The lowest BCUT2D eigenvalue weighted by molar-refractivity contribution is -0.359. The maximum Gasteiger partial charge on any atom is 0.220 e. The van der Waals surface area contributed by atoms with Crippen LogP contribution in [0, 0.1) is 0 Å². The van der Waals surface area contributed by atoms with Crippen molar-refractivity contribution in [3.05, 3.63) is 48.6 Å². The number of carbonyl (C=O) groups is 1. The van der Waals surface area contributed by atoms with Crippen molar-refractivity contribution in [2.45, 2.75) is 408 Å². The summed E-state index contributed by atoms with van der Waals surface area (Å²) in [5, 5.41) is 87.8. The van der Waals surface area contributed by atoms with Gasteiger partial charge in [0.1, 0.15) is 48.8 Å². The maximum absolute atomic E-state index is 13.4. The number of hydrogen-bond acceptors (Lipinski definition) is 13. The lowest BCUT2D eigenvalue weighted by Gasteiger charge is -2.46. The summed E-state index contributed by atoms with van der Waals surface area (Å²) in [7, 11) is 0. The Labute approximate surface area is 550 Å². The van der Waals surface area contributed by atoms with E-state index in [1.54, 1.807) is 0 Å². The highest BCUT2D eigenvalue weighted by Crippen LogP contribution is 2.30. The predicted octanol–water partition coefficient (Wildman–Crippen LogP) is 16.2. The first-order valence-electron chi connectivity index (χ1n) is 37.9. The van der Waals surface area contributed by atoms with Crippen molar-refractivity contribution in [3.8, 4) is 0 Å². The first-order valence-corrected chi connectivity index (χ1v) is 37.9. The molecule has 0 spiro atoms. The molecule has 2 heterocycles. The molecule has 14 heteroatoms. The Bertz CT molecular complexity index is 1690. The molecule has 0 saturated carbocycles. The van der Waals surface area contributed by atoms with Gasteiger partial charge in [0.2, 0.25) is 5.91 Å². The number of aliphatic hydroxyl groups is 8. The van der Waals surface area contributed by atoms with Gasteiger partial charge in [-0.05, 0) is 51.4 Å². The molecule has 2 aliphatic heterocycles. The molecule has 90 heavy (non-hydrogen) atoms. The molecule has 0 aliphatic carbocycles. The number of rotatable bonds is 63. The normalized spacial score (nSPS) is 23.1. The molecule has 0 aromatic heterocycles. The number of amides is 1. The van der Waals surface area contributed by atoms with Crippen molar-refractivity contribution in [1.82, 2.24) is 5.32 Å².